The first-order valence-electron chi connectivity index (χ1n) is 6.25. The van der Waals surface area contributed by atoms with Crippen LogP contribution in [-0.2, 0) is 10.0 Å². The maximum Gasteiger partial charge on any atom is 0.254 e. The zero-order valence-electron chi connectivity index (χ0n) is 10.6. The Kier molecular flexibility index (Phi) is 3.94. The van der Waals surface area contributed by atoms with Gasteiger partial charge in [0, 0.05) is 23.4 Å². The van der Waals surface area contributed by atoms with Gasteiger partial charge in [-0.25, -0.2) is 8.42 Å². The Bertz CT molecular complexity index is 700. The molecule has 1 saturated heterocycles. The van der Waals surface area contributed by atoms with Crippen LogP contribution in [0, 0.1) is 0 Å². The SMILES string of the molecule is O=S(=O)(c1sccc1Br)N1CCCC1c1ccncc1. The van der Waals surface area contributed by atoms with Gasteiger partial charge < -0.3 is 0 Å². The van der Waals surface area contributed by atoms with Crippen LogP contribution in [0.2, 0.25) is 0 Å². The number of halogens is 1. The smallest absolute Gasteiger partial charge is 0.254 e. The molecule has 7 heteroatoms. The second-order valence-corrected chi connectivity index (χ2v) is 8.47. The molecular formula is C13H13BrN2O2S2. The van der Waals surface area contributed by atoms with Crippen LogP contribution < -0.4 is 0 Å². The van der Waals surface area contributed by atoms with Crippen LogP contribution in [0.1, 0.15) is 24.4 Å². The van der Waals surface area contributed by atoms with E-state index in [0.29, 0.717) is 15.2 Å². The average Bonchev–Trinajstić information content (AvgIpc) is 3.08. The van der Waals surface area contributed by atoms with Gasteiger partial charge in [0.1, 0.15) is 4.21 Å². The van der Waals surface area contributed by atoms with Gasteiger partial charge in [0.2, 0.25) is 0 Å². The summed E-state index contributed by atoms with van der Waals surface area (Å²) < 4.78 is 28.2. The topological polar surface area (TPSA) is 50.3 Å². The number of hydrogen-bond donors (Lipinski definition) is 0. The molecule has 2 aromatic heterocycles. The fourth-order valence-corrected chi connectivity index (χ4v) is 6.63. The van der Waals surface area contributed by atoms with Crippen LogP contribution in [0.3, 0.4) is 0 Å². The molecule has 0 radical (unpaired) electrons. The van der Waals surface area contributed by atoms with E-state index in [4.69, 9.17) is 0 Å². The molecule has 3 heterocycles. The summed E-state index contributed by atoms with van der Waals surface area (Å²) in [5.41, 5.74) is 1.01. The fraction of sp³-hybridized carbons (Fsp3) is 0.308. The molecule has 3 rings (SSSR count). The van der Waals surface area contributed by atoms with Crippen molar-refractivity contribution in [3.8, 4) is 0 Å². The number of nitrogens with zero attached hydrogens (tertiary/aromatic N) is 2. The lowest BCUT2D eigenvalue weighted by Gasteiger charge is -2.23. The van der Waals surface area contributed by atoms with E-state index in [-0.39, 0.29) is 6.04 Å². The van der Waals surface area contributed by atoms with Gasteiger partial charge in [-0.05, 0) is 57.9 Å². The van der Waals surface area contributed by atoms with Gasteiger partial charge in [-0.3, -0.25) is 4.98 Å². The summed E-state index contributed by atoms with van der Waals surface area (Å²) in [6.45, 7) is 0.569. The molecule has 0 aliphatic carbocycles. The highest BCUT2D eigenvalue weighted by Gasteiger charge is 2.37. The van der Waals surface area contributed by atoms with Crippen molar-refractivity contribution in [1.29, 1.82) is 0 Å². The predicted molar refractivity (Wildman–Crippen MR) is 82.1 cm³/mol. The zero-order chi connectivity index (χ0) is 14.2. The third kappa shape index (κ3) is 2.43. The molecule has 1 aliphatic heterocycles. The molecule has 0 amide bonds. The zero-order valence-corrected chi connectivity index (χ0v) is 13.8. The third-order valence-corrected chi connectivity index (χ3v) is 7.98. The van der Waals surface area contributed by atoms with E-state index >= 15 is 0 Å². The highest BCUT2D eigenvalue weighted by molar-refractivity contribution is 9.10. The standard InChI is InChI=1S/C13H13BrN2O2S2/c14-11-5-9-19-13(11)20(17,18)16-8-1-2-12(16)10-3-6-15-7-4-10/h3-7,9,12H,1-2,8H2. The van der Waals surface area contributed by atoms with Crippen LogP contribution in [0.15, 0.2) is 44.7 Å². The second kappa shape index (κ2) is 5.55. The lowest BCUT2D eigenvalue weighted by Crippen LogP contribution is -2.30. The van der Waals surface area contributed by atoms with Crippen molar-refractivity contribution in [2.24, 2.45) is 0 Å². The van der Waals surface area contributed by atoms with Gasteiger partial charge >= 0.3 is 0 Å². The van der Waals surface area contributed by atoms with Gasteiger partial charge in [0.15, 0.2) is 0 Å². The highest BCUT2D eigenvalue weighted by Crippen LogP contribution is 2.39. The van der Waals surface area contributed by atoms with Crippen molar-refractivity contribution in [2.75, 3.05) is 6.54 Å². The molecule has 4 nitrogen and oxygen atoms in total. The first-order chi connectivity index (χ1) is 9.60. The second-order valence-electron chi connectivity index (χ2n) is 4.61. The van der Waals surface area contributed by atoms with Crippen molar-refractivity contribution in [1.82, 2.24) is 9.29 Å². The summed E-state index contributed by atoms with van der Waals surface area (Å²) in [6.07, 6.45) is 5.15. The molecule has 1 atom stereocenters. The third-order valence-electron chi connectivity index (χ3n) is 3.42. The minimum Gasteiger partial charge on any atom is -0.265 e. The predicted octanol–water partition coefficient (Wildman–Crippen LogP) is 3.43. The molecule has 1 aliphatic rings. The van der Waals surface area contributed by atoms with Crippen LogP contribution >= 0.6 is 27.3 Å². The molecule has 20 heavy (non-hydrogen) atoms. The van der Waals surface area contributed by atoms with Gasteiger partial charge in [0.25, 0.3) is 10.0 Å². The van der Waals surface area contributed by atoms with Gasteiger partial charge in [-0.15, -0.1) is 11.3 Å². The maximum atomic E-state index is 12.8. The van der Waals surface area contributed by atoms with E-state index in [0.717, 1.165) is 18.4 Å². The Morgan fingerprint density at radius 1 is 1.30 bits per heavy atom. The van der Waals surface area contributed by atoms with Crippen LogP contribution in [0.5, 0.6) is 0 Å². The Hall–Kier alpha value is -0.760. The minimum absolute atomic E-state index is 0.0861. The summed E-state index contributed by atoms with van der Waals surface area (Å²) in [5.74, 6) is 0. The van der Waals surface area contributed by atoms with Gasteiger partial charge in [-0.1, -0.05) is 0 Å². The van der Waals surface area contributed by atoms with Crippen LogP contribution in [-0.4, -0.2) is 24.3 Å². The van der Waals surface area contributed by atoms with Crippen molar-refractivity contribution in [2.45, 2.75) is 23.1 Å². The van der Waals surface area contributed by atoms with Crippen molar-refractivity contribution in [3.63, 3.8) is 0 Å². The number of sulfonamides is 1. The van der Waals surface area contributed by atoms with E-state index in [1.165, 1.54) is 11.3 Å². The molecule has 1 unspecified atom stereocenters. The Morgan fingerprint density at radius 3 is 2.70 bits per heavy atom. The summed E-state index contributed by atoms with van der Waals surface area (Å²) in [7, 11) is -3.44. The van der Waals surface area contributed by atoms with E-state index < -0.39 is 10.0 Å². The van der Waals surface area contributed by atoms with E-state index in [1.54, 1.807) is 28.1 Å². The Morgan fingerprint density at radius 2 is 2.05 bits per heavy atom. The lowest BCUT2D eigenvalue weighted by molar-refractivity contribution is 0.397. The number of rotatable bonds is 3. The Labute approximate surface area is 130 Å². The number of hydrogen-bond acceptors (Lipinski definition) is 4. The molecule has 0 aromatic carbocycles. The first kappa shape index (κ1) is 14.2. The maximum absolute atomic E-state index is 12.8. The van der Waals surface area contributed by atoms with Crippen LogP contribution in [0.25, 0.3) is 0 Å². The summed E-state index contributed by atoms with van der Waals surface area (Å²) in [5, 5.41) is 1.79. The monoisotopic (exact) mass is 372 g/mol. The molecule has 2 aromatic rings. The molecule has 1 fully saturated rings. The molecule has 0 saturated carbocycles. The largest absolute Gasteiger partial charge is 0.265 e. The first-order valence-corrected chi connectivity index (χ1v) is 9.37. The van der Waals surface area contributed by atoms with E-state index in [2.05, 4.69) is 20.9 Å². The number of pyridine rings is 1. The van der Waals surface area contributed by atoms with Gasteiger partial charge in [0.05, 0.1) is 6.04 Å². The summed E-state index contributed by atoms with van der Waals surface area (Å²) in [4.78, 5) is 3.99. The van der Waals surface area contributed by atoms with Crippen molar-refractivity contribution in [3.05, 3.63) is 46.0 Å². The normalized spacial score (nSPS) is 20.4. The molecule has 0 spiro atoms. The Balaban J connectivity index is 1.99. The van der Waals surface area contributed by atoms with Crippen molar-refractivity contribution >= 4 is 37.3 Å². The molecule has 0 bridgehead atoms. The quantitative estimate of drug-likeness (QED) is 0.828. The molecular weight excluding hydrogens is 360 g/mol. The number of thiophene rings is 1. The van der Waals surface area contributed by atoms with Gasteiger partial charge in [-0.2, -0.15) is 4.31 Å². The highest BCUT2D eigenvalue weighted by atomic mass is 79.9. The summed E-state index contributed by atoms with van der Waals surface area (Å²) in [6, 6.07) is 5.47. The van der Waals surface area contributed by atoms with Crippen molar-refractivity contribution < 1.29 is 8.42 Å². The summed E-state index contributed by atoms with van der Waals surface area (Å²) >= 11 is 4.57. The number of aromatic nitrogens is 1. The minimum atomic E-state index is -3.44. The fourth-order valence-electron chi connectivity index (χ4n) is 2.52. The van der Waals surface area contributed by atoms with E-state index in [9.17, 15) is 8.42 Å². The van der Waals surface area contributed by atoms with E-state index in [1.807, 2.05) is 12.1 Å². The molecule has 0 N–H and O–H groups in total. The lowest BCUT2D eigenvalue weighted by atomic mass is 10.1. The average molecular weight is 373 g/mol. The van der Waals surface area contributed by atoms with Crippen LogP contribution in [0.4, 0.5) is 0 Å². The molecule has 106 valence electrons.